The van der Waals surface area contributed by atoms with E-state index in [0.29, 0.717) is 11.8 Å². The Hall–Kier alpha value is -1.87. The molecule has 0 bridgehead atoms. The second-order valence-corrected chi connectivity index (χ2v) is 5.59. The first kappa shape index (κ1) is 15.5. The molecule has 0 radical (unpaired) electrons. The van der Waals surface area contributed by atoms with Crippen LogP contribution in [0.2, 0.25) is 0 Å². The third-order valence-corrected chi connectivity index (χ3v) is 3.25. The summed E-state index contributed by atoms with van der Waals surface area (Å²) < 4.78 is 5.87. The van der Waals surface area contributed by atoms with Crippen molar-refractivity contribution in [2.75, 3.05) is 6.54 Å². The molecule has 1 aromatic carbocycles. The second kappa shape index (κ2) is 7.79. The molecule has 3 heteroatoms. The molecule has 0 amide bonds. The predicted molar refractivity (Wildman–Crippen MR) is 86.7 cm³/mol. The van der Waals surface area contributed by atoms with Gasteiger partial charge in [0.25, 0.3) is 0 Å². The van der Waals surface area contributed by atoms with Crippen molar-refractivity contribution in [1.82, 2.24) is 10.3 Å². The average molecular weight is 284 g/mol. The van der Waals surface area contributed by atoms with Gasteiger partial charge in [-0.25, -0.2) is 4.98 Å². The Kier molecular flexibility index (Phi) is 5.76. The Morgan fingerprint density at radius 2 is 1.95 bits per heavy atom. The molecule has 0 spiro atoms. The van der Waals surface area contributed by atoms with Crippen LogP contribution in [-0.4, -0.2) is 11.5 Å². The fourth-order valence-corrected chi connectivity index (χ4v) is 2.09. The van der Waals surface area contributed by atoms with E-state index in [9.17, 15) is 0 Å². The number of benzene rings is 1. The molecule has 2 rings (SSSR count). The third-order valence-electron chi connectivity index (χ3n) is 3.25. The zero-order valence-electron chi connectivity index (χ0n) is 13.1. The van der Waals surface area contributed by atoms with Gasteiger partial charge < -0.3 is 10.1 Å². The number of nitrogens with zero attached hydrogens (tertiary/aromatic N) is 1. The molecule has 0 saturated heterocycles. The number of hydrogen-bond acceptors (Lipinski definition) is 3. The molecule has 0 aliphatic carbocycles. The van der Waals surface area contributed by atoms with Crippen LogP contribution in [-0.2, 0) is 13.0 Å². The molecule has 0 unspecified atom stereocenters. The van der Waals surface area contributed by atoms with Crippen LogP contribution >= 0.6 is 0 Å². The summed E-state index contributed by atoms with van der Waals surface area (Å²) in [6, 6.07) is 12.1. The Balaban J connectivity index is 1.96. The quantitative estimate of drug-likeness (QED) is 0.828. The molecule has 112 valence electrons. The molecule has 3 nitrogen and oxygen atoms in total. The SMILES string of the molecule is CCc1ccccc1Oc1ccc(CNCC(C)C)cn1. The summed E-state index contributed by atoms with van der Waals surface area (Å²) in [5.74, 6) is 2.19. The number of rotatable bonds is 7. The molecule has 0 saturated carbocycles. The lowest BCUT2D eigenvalue weighted by Crippen LogP contribution is -2.18. The van der Waals surface area contributed by atoms with Crippen LogP contribution in [0.5, 0.6) is 11.6 Å². The van der Waals surface area contributed by atoms with E-state index in [0.717, 1.165) is 25.3 Å². The smallest absolute Gasteiger partial charge is 0.219 e. The number of aryl methyl sites for hydroxylation is 1. The zero-order chi connectivity index (χ0) is 15.1. The van der Waals surface area contributed by atoms with Gasteiger partial charge in [-0.15, -0.1) is 0 Å². The molecule has 1 N–H and O–H groups in total. The van der Waals surface area contributed by atoms with E-state index in [1.54, 1.807) is 0 Å². The first-order valence-electron chi connectivity index (χ1n) is 7.60. The van der Waals surface area contributed by atoms with Gasteiger partial charge in [-0.2, -0.15) is 0 Å². The van der Waals surface area contributed by atoms with Crippen LogP contribution in [0.1, 0.15) is 31.9 Å². The molecular formula is C18H24N2O. The Morgan fingerprint density at radius 3 is 2.62 bits per heavy atom. The van der Waals surface area contributed by atoms with Gasteiger partial charge in [-0.1, -0.05) is 45.0 Å². The number of para-hydroxylation sites is 1. The lowest BCUT2D eigenvalue weighted by molar-refractivity contribution is 0.457. The van der Waals surface area contributed by atoms with Crippen molar-refractivity contribution in [3.05, 3.63) is 53.7 Å². The molecule has 0 atom stereocenters. The summed E-state index contributed by atoms with van der Waals surface area (Å²) in [6.07, 6.45) is 2.82. The van der Waals surface area contributed by atoms with E-state index in [2.05, 4.69) is 43.2 Å². The highest BCUT2D eigenvalue weighted by molar-refractivity contribution is 5.36. The van der Waals surface area contributed by atoms with Crippen molar-refractivity contribution >= 4 is 0 Å². The Morgan fingerprint density at radius 1 is 1.14 bits per heavy atom. The highest BCUT2D eigenvalue weighted by Crippen LogP contribution is 2.24. The fourth-order valence-electron chi connectivity index (χ4n) is 2.09. The maximum Gasteiger partial charge on any atom is 0.219 e. The maximum absolute atomic E-state index is 5.87. The normalized spacial score (nSPS) is 10.9. The van der Waals surface area contributed by atoms with E-state index < -0.39 is 0 Å². The Labute approximate surface area is 127 Å². The summed E-state index contributed by atoms with van der Waals surface area (Å²) in [7, 11) is 0. The number of ether oxygens (including phenoxy) is 1. The minimum absolute atomic E-state index is 0.642. The number of hydrogen-bond donors (Lipinski definition) is 1. The van der Waals surface area contributed by atoms with Crippen molar-refractivity contribution in [2.45, 2.75) is 33.7 Å². The fraction of sp³-hybridized carbons (Fsp3) is 0.389. The first-order chi connectivity index (χ1) is 10.2. The maximum atomic E-state index is 5.87. The zero-order valence-corrected chi connectivity index (χ0v) is 13.1. The van der Waals surface area contributed by atoms with Crippen LogP contribution in [0.15, 0.2) is 42.6 Å². The van der Waals surface area contributed by atoms with E-state index in [4.69, 9.17) is 4.74 Å². The van der Waals surface area contributed by atoms with E-state index >= 15 is 0 Å². The van der Waals surface area contributed by atoms with Crippen LogP contribution in [0.4, 0.5) is 0 Å². The lowest BCUT2D eigenvalue weighted by Gasteiger charge is -2.10. The molecule has 21 heavy (non-hydrogen) atoms. The topological polar surface area (TPSA) is 34.1 Å². The van der Waals surface area contributed by atoms with Gasteiger partial charge in [0.1, 0.15) is 5.75 Å². The molecule has 0 aliphatic rings. The van der Waals surface area contributed by atoms with Crippen LogP contribution in [0, 0.1) is 5.92 Å². The largest absolute Gasteiger partial charge is 0.439 e. The molecule has 0 aliphatic heterocycles. The summed E-state index contributed by atoms with van der Waals surface area (Å²) in [6.45, 7) is 8.39. The number of nitrogens with one attached hydrogen (secondary N) is 1. The molecule has 1 heterocycles. The van der Waals surface area contributed by atoms with Gasteiger partial charge in [-0.3, -0.25) is 0 Å². The average Bonchev–Trinajstić information content (AvgIpc) is 2.49. The minimum atomic E-state index is 0.642. The van der Waals surface area contributed by atoms with Crippen molar-refractivity contribution in [3.8, 4) is 11.6 Å². The summed E-state index contributed by atoms with van der Waals surface area (Å²) >= 11 is 0. The van der Waals surface area contributed by atoms with E-state index in [-0.39, 0.29) is 0 Å². The van der Waals surface area contributed by atoms with Gasteiger partial charge in [0, 0.05) is 18.8 Å². The van der Waals surface area contributed by atoms with Gasteiger partial charge in [0.2, 0.25) is 5.88 Å². The van der Waals surface area contributed by atoms with Gasteiger partial charge in [0.05, 0.1) is 0 Å². The second-order valence-electron chi connectivity index (χ2n) is 5.59. The van der Waals surface area contributed by atoms with Crippen molar-refractivity contribution in [2.24, 2.45) is 5.92 Å². The summed E-state index contributed by atoms with van der Waals surface area (Å²) in [4.78, 5) is 4.38. The number of pyridine rings is 1. The number of aromatic nitrogens is 1. The van der Waals surface area contributed by atoms with Crippen molar-refractivity contribution in [3.63, 3.8) is 0 Å². The van der Waals surface area contributed by atoms with Gasteiger partial charge in [-0.05, 0) is 36.1 Å². The standard InChI is InChI=1S/C18H24N2O/c1-4-16-7-5-6-8-17(16)21-18-10-9-15(13-20-18)12-19-11-14(2)3/h5-10,13-14,19H,4,11-12H2,1-3H3. The van der Waals surface area contributed by atoms with E-state index in [1.807, 2.05) is 30.5 Å². The van der Waals surface area contributed by atoms with Crippen LogP contribution in [0.3, 0.4) is 0 Å². The highest BCUT2D eigenvalue weighted by Gasteiger charge is 2.04. The predicted octanol–water partition coefficient (Wildman–Crippen LogP) is 4.18. The highest BCUT2D eigenvalue weighted by atomic mass is 16.5. The Bertz CT molecular complexity index is 549. The first-order valence-corrected chi connectivity index (χ1v) is 7.60. The summed E-state index contributed by atoms with van der Waals surface area (Å²) in [5, 5.41) is 3.41. The van der Waals surface area contributed by atoms with Crippen molar-refractivity contribution in [1.29, 1.82) is 0 Å². The van der Waals surface area contributed by atoms with Gasteiger partial charge >= 0.3 is 0 Å². The third kappa shape index (κ3) is 4.87. The molecule has 0 fully saturated rings. The molecule has 1 aromatic heterocycles. The lowest BCUT2D eigenvalue weighted by atomic mass is 10.1. The summed E-state index contributed by atoms with van der Waals surface area (Å²) in [5.41, 5.74) is 2.37. The monoisotopic (exact) mass is 284 g/mol. The molecule has 2 aromatic rings. The van der Waals surface area contributed by atoms with Gasteiger partial charge in [0.15, 0.2) is 0 Å². The molecular weight excluding hydrogens is 260 g/mol. The minimum Gasteiger partial charge on any atom is -0.439 e. The van der Waals surface area contributed by atoms with Crippen molar-refractivity contribution < 1.29 is 4.74 Å². The van der Waals surface area contributed by atoms with Crippen LogP contribution in [0.25, 0.3) is 0 Å². The van der Waals surface area contributed by atoms with Crippen LogP contribution < -0.4 is 10.1 Å². The van der Waals surface area contributed by atoms with E-state index in [1.165, 1.54) is 11.1 Å².